The van der Waals surface area contributed by atoms with Gasteiger partial charge in [-0.05, 0) is 29.3 Å². The standard InChI is InChI=1S/C16H14N2O/c17-10-12-3-1-2-4-13(12)11-5-6-16-14(9-11)15(18)7-8-19-16/h1-6,9,15H,7-8,18H2. The summed E-state index contributed by atoms with van der Waals surface area (Å²) in [6, 6.07) is 15.8. The summed E-state index contributed by atoms with van der Waals surface area (Å²) in [6.45, 7) is 0.669. The maximum atomic E-state index is 9.17. The van der Waals surface area contributed by atoms with Crippen LogP contribution in [0.2, 0.25) is 0 Å². The van der Waals surface area contributed by atoms with Crippen LogP contribution in [0.5, 0.6) is 5.75 Å². The third-order valence-electron chi connectivity index (χ3n) is 3.45. The Morgan fingerprint density at radius 1 is 1.21 bits per heavy atom. The Morgan fingerprint density at radius 2 is 2.05 bits per heavy atom. The highest BCUT2D eigenvalue weighted by atomic mass is 16.5. The fourth-order valence-corrected chi connectivity index (χ4v) is 2.42. The summed E-state index contributed by atoms with van der Waals surface area (Å²) in [4.78, 5) is 0. The number of nitrogens with zero attached hydrogens (tertiary/aromatic N) is 1. The van der Waals surface area contributed by atoms with Crippen molar-refractivity contribution in [2.75, 3.05) is 6.61 Å². The van der Waals surface area contributed by atoms with Gasteiger partial charge < -0.3 is 10.5 Å². The maximum Gasteiger partial charge on any atom is 0.124 e. The van der Waals surface area contributed by atoms with Crippen LogP contribution in [-0.4, -0.2) is 6.61 Å². The minimum absolute atomic E-state index is 0.0120. The highest BCUT2D eigenvalue weighted by molar-refractivity contribution is 5.72. The van der Waals surface area contributed by atoms with Gasteiger partial charge >= 0.3 is 0 Å². The zero-order valence-corrected chi connectivity index (χ0v) is 10.5. The Bertz CT molecular complexity index is 658. The first-order valence-electron chi connectivity index (χ1n) is 6.31. The summed E-state index contributed by atoms with van der Waals surface area (Å²) in [7, 11) is 0. The quantitative estimate of drug-likeness (QED) is 0.846. The van der Waals surface area contributed by atoms with Gasteiger partial charge in [-0.1, -0.05) is 24.3 Å². The van der Waals surface area contributed by atoms with E-state index in [0.717, 1.165) is 28.9 Å². The molecule has 3 nitrogen and oxygen atoms in total. The van der Waals surface area contributed by atoms with Gasteiger partial charge in [0, 0.05) is 18.0 Å². The van der Waals surface area contributed by atoms with Crippen molar-refractivity contribution >= 4 is 0 Å². The first kappa shape index (κ1) is 11.8. The molecule has 0 fully saturated rings. The van der Waals surface area contributed by atoms with E-state index in [1.54, 1.807) is 0 Å². The molecule has 1 heterocycles. The lowest BCUT2D eigenvalue weighted by molar-refractivity contribution is 0.269. The smallest absolute Gasteiger partial charge is 0.124 e. The van der Waals surface area contributed by atoms with Crippen LogP contribution in [0.4, 0.5) is 0 Å². The largest absolute Gasteiger partial charge is 0.493 e. The summed E-state index contributed by atoms with van der Waals surface area (Å²) in [6.07, 6.45) is 0.830. The van der Waals surface area contributed by atoms with E-state index >= 15 is 0 Å². The molecule has 0 amide bonds. The van der Waals surface area contributed by atoms with Crippen LogP contribution in [0.25, 0.3) is 11.1 Å². The molecule has 19 heavy (non-hydrogen) atoms. The van der Waals surface area contributed by atoms with Crippen LogP contribution in [0.3, 0.4) is 0 Å². The molecule has 1 aliphatic heterocycles. The SMILES string of the molecule is N#Cc1ccccc1-c1ccc2c(c1)C(N)CCO2. The normalized spacial score (nSPS) is 17.2. The van der Waals surface area contributed by atoms with Crippen LogP contribution in [0.1, 0.15) is 23.6 Å². The van der Waals surface area contributed by atoms with Gasteiger partial charge in [0.2, 0.25) is 0 Å². The highest BCUT2D eigenvalue weighted by Crippen LogP contribution is 2.34. The van der Waals surface area contributed by atoms with Crippen LogP contribution in [0.15, 0.2) is 42.5 Å². The molecule has 2 N–H and O–H groups in total. The number of nitrogens with two attached hydrogens (primary N) is 1. The van der Waals surface area contributed by atoms with Crippen LogP contribution >= 0.6 is 0 Å². The lowest BCUT2D eigenvalue weighted by atomic mass is 9.94. The van der Waals surface area contributed by atoms with E-state index in [9.17, 15) is 5.26 Å². The second-order valence-corrected chi connectivity index (χ2v) is 4.65. The topological polar surface area (TPSA) is 59.0 Å². The van der Waals surface area contributed by atoms with Gasteiger partial charge in [-0.2, -0.15) is 5.26 Å². The molecule has 0 aliphatic carbocycles. The van der Waals surface area contributed by atoms with E-state index in [4.69, 9.17) is 10.5 Å². The van der Waals surface area contributed by atoms with Crippen molar-refractivity contribution in [1.82, 2.24) is 0 Å². The van der Waals surface area contributed by atoms with E-state index in [1.165, 1.54) is 0 Å². The van der Waals surface area contributed by atoms with Crippen LogP contribution in [-0.2, 0) is 0 Å². The van der Waals surface area contributed by atoms with Crippen molar-refractivity contribution in [3.05, 3.63) is 53.6 Å². The summed E-state index contributed by atoms with van der Waals surface area (Å²) in [5.74, 6) is 0.858. The van der Waals surface area contributed by atoms with Gasteiger partial charge in [0.05, 0.1) is 18.2 Å². The Morgan fingerprint density at radius 3 is 2.89 bits per heavy atom. The molecule has 0 spiro atoms. The second-order valence-electron chi connectivity index (χ2n) is 4.65. The molecule has 1 aliphatic rings. The van der Waals surface area contributed by atoms with Crippen LogP contribution in [0, 0.1) is 11.3 Å². The number of benzene rings is 2. The monoisotopic (exact) mass is 250 g/mol. The number of fused-ring (bicyclic) bond motifs is 1. The molecular formula is C16H14N2O. The molecule has 2 aromatic rings. The number of nitriles is 1. The van der Waals surface area contributed by atoms with E-state index in [0.29, 0.717) is 12.2 Å². The first-order valence-corrected chi connectivity index (χ1v) is 6.31. The molecule has 3 rings (SSSR count). The first-order chi connectivity index (χ1) is 9.29. The zero-order valence-electron chi connectivity index (χ0n) is 10.5. The number of rotatable bonds is 1. The molecule has 0 saturated heterocycles. The molecule has 1 atom stereocenters. The molecule has 0 saturated carbocycles. The Kier molecular flexibility index (Phi) is 2.94. The summed E-state index contributed by atoms with van der Waals surface area (Å²) < 4.78 is 5.60. The lowest BCUT2D eigenvalue weighted by Crippen LogP contribution is -2.20. The predicted molar refractivity (Wildman–Crippen MR) is 73.6 cm³/mol. The average molecular weight is 250 g/mol. The molecule has 3 heteroatoms. The second kappa shape index (κ2) is 4.75. The summed E-state index contributed by atoms with van der Waals surface area (Å²) >= 11 is 0. The van der Waals surface area contributed by atoms with Crippen molar-refractivity contribution < 1.29 is 4.74 Å². The highest BCUT2D eigenvalue weighted by Gasteiger charge is 2.19. The molecule has 1 unspecified atom stereocenters. The van der Waals surface area contributed by atoms with E-state index < -0.39 is 0 Å². The van der Waals surface area contributed by atoms with Crippen molar-refractivity contribution in [3.8, 4) is 22.9 Å². The van der Waals surface area contributed by atoms with Gasteiger partial charge in [-0.15, -0.1) is 0 Å². The Hall–Kier alpha value is -2.31. The van der Waals surface area contributed by atoms with Gasteiger partial charge in [0.25, 0.3) is 0 Å². The third kappa shape index (κ3) is 2.07. The lowest BCUT2D eigenvalue weighted by Gasteiger charge is -2.23. The van der Waals surface area contributed by atoms with E-state index in [-0.39, 0.29) is 6.04 Å². The average Bonchev–Trinajstić information content (AvgIpc) is 2.47. The third-order valence-corrected chi connectivity index (χ3v) is 3.45. The summed E-state index contributed by atoms with van der Waals surface area (Å²) in [5, 5.41) is 9.17. The van der Waals surface area contributed by atoms with Gasteiger partial charge in [0.15, 0.2) is 0 Å². The molecule has 0 radical (unpaired) electrons. The fraction of sp³-hybridized carbons (Fsp3) is 0.188. The van der Waals surface area contributed by atoms with E-state index in [2.05, 4.69) is 6.07 Å². The minimum atomic E-state index is 0.0120. The van der Waals surface area contributed by atoms with E-state index in [1.807, 2.05) is 42.5 Å². The van der Waals surface area contributed by atoms with Gasteiger partial charge in [-0.3, -0.25) is 0 Å². The molecule has 94 valence electrons. The van der Waals surface area contributed by atoms with Crippen molar-refractivity contribution in [3.63, 3.8) is 0 Å². The molecule has 0 aromatic heterocycles. The molecular weight excluding hydrogens is 236 g/mol. The number of hydrogen-bond acceptors (Lipinski definition) is 3. The van der Waals surface area contributed by atoms with Gasteiger partial charge in [0.1, 0.15) is 5.75 Å². The molecule has 2 aromatic carbocycles. The van der Waals surface area contributed by atoms with Crippen molar-refractivity contribution in [1.29, 1.82) is 5.26 Å². The number of hydrogen-bond donors (Lipinski definition) is 1. The Labute approximate surface area is 112 Å². The van der Waals surface area contributed by atoms with Gasteiger partial charge in [-0.25, -0.2) is 0 Å². The van der Waals surface area contributed by atoms with Crippen LogP contribution < -0.4 is 10.5 Å². The Balaban J connectivity index is 2.12. The van der Waals surface area contributed by atoms with Crippen molar-refractivity contribution in [2.45, 2.75) is 12.5 Å². The predicted octanol–water partition coefficient (Wildman–Crippen LogP) is 3.01. The number of ether oxygens (including phenoxy) is 1. The minimum Gasteiger partial charge on any atom is -0.493 e. The fourth-order valence-electron chi connectivity index (χ4n) is 2.42. The maximum absolute atomic E-state index is 9.17. The zero-order chi connectivity index (χ0) is 13.2. The summed E-state index contributed by atoms with van der Waals surface area (Å²) in [5.41, 5.74) is 9.76. The van der Waals surface area contributed by atoms with Crippen molar-refractivity contribution in [2.24, 2.45) is 5.73 Å². The molecule has 0 bridgehead atoms.